The number of nitrogens with zero attached hydrogens (tertiary/aromatic N) is 1. The van der Waals surface area contributed by atoms with Gasteiger partial charge in [-0.25, -0.2) is 9.56 Å². The molecule has 1 atom stereocenters. The van der Waals surface area contributed by atoms with Crippen molar-refractivity contribution in [2.24, 2.45) is 4.99 Å². The Hall–Kier alpha value is -1.68. The number of aliphatic imine (C=N–C) groups is 1. The van der Waals surface area contributed by atoms with Gasteiger partial charge in [0.05, 0.1) is 36.7 Å². The van der Waals surface area contributed by atoms with E-state index in [0.29, 0.717) is 24.3 Å². The second-order valence-electron chi connectivity index (χ2n) is 12.8. The van der Waals surface area contributed by atoms with Crippen LogP contribution in [0.3, 0.4) is 0 Å². The summed E-state index contributed by atoms with van der Waals surface area (Å²) >= 11 is 0. The van der Waals surface area contributed by atoms with Gasteiger partial charge in [-0.3, -0.25) is 18.0 Å². The summed E-state index contributed by atoms with van der Waals surface area (Å²) in [5.74, 6) is 0.198. The summed E-state index contributed by atoms with van der Waals surface area (Å²) in [5.41, 5.74) is -3.03. The van der Waals surface area contributed by atoms with E-state index in [0.717, 1.165) is 31.7 Å². The molecule has 0 N–H and O–H groups in total. The summed E-state index contributed by atoms with van der Waals surface area (Å²) in [6.45, 7) is 11.9. The molecule has 12 heteroatoms. The van der Waals surface area contributed by atoms with E-state index >= 15 is 0 Å². The molecule has 0 aliphatic carbocycles. The van der Waals surface area contributed by atoms with Crippen molar-refractivity contribution in [3.8, 4) is 5.75 Å². The maximum absolute atomic E-state index is 13.9. The first-order chi connectivity index (χ1) is 19.4. The van der Waals surface area contributed by atoms with Crippen molar-refractivity contribution in [2.75, 3.05) is 26.5 Å². The van der Waals surface area contributed by atoms with Crippen LogP contribution in [0.25, 0.3) is 0 Å². The van der Waals surface area contributed by atoms with E-state index in [1.165, 1.54) is 6.07 Å². The molecule has 1 unspecified atom stereocenters. The summed E-state index contributed by atoms with van der Waals surface area (Å²) in [7, 11) is -4.04. The fourth-order valence-corrected chi connectivity index (χ4v) is 6.28. The van der Waals surface area contributed by atoms with E-state index in [-0.39, 0.29) is 45.1 Å². The molecule has 0 saturated heterocycles. The summed E-state index contributed by atoms with van der Waals surface area (Å²) in [6.07, 6.45) is 0.502. The molecule has 0 radical (unpaired) electrons. The number of rotatable bonds is 17. The Morgan fingerprint density at radius 1 is 0.952 bits per heavy atom. The van der Waals surface area contributed by atoms with Gasteiger partial charge in [0.1, 0.15) is 17.9 Å². The second-order valence-corrected chi connectivity index (χ2v) is 14.3. The van der Waals surface area contributed by atoms with Gasteiger partial charge < -0.3 is 9.47 Å². The highest BCUT2D eigenvalue weighted by molar-refractivity contribution is 7.48. The number of hydrogen-bond acceptors (Lipinski definition) is 7. The Kier molecular flexibility index (Phi) is 13.3. The second kappa shape index (κ2) is 15.4. The molecule has 1 aromatic carbocycles. The largest absolute Gasteiger partial charge is 0.493 e. The molecule has 0 spiro atoms. The number of alkyl halides is 4. The monoisotopic (exact) mass is 625 g/mol. The smallest absolute Gasteiger partial charge is 0.475 e. The maximum atomic E-state index is 13.9. The van der Waals surface area contributed by atoms with Crippen LogP contribution in [0.15, 0.2) is 23.2 Å². The molecule has 0 amide bonds. The molecule has 0 saturated carbocycles. The molecule has 1 aliphatic heterocycles. The van der Waals surface area contributed by atoms with Crippen molar-refractivity contribution in [3.05, 3.63) is 29.3 Å². The van der Waals surface area contributed by atoms with Crippen molar-refractivity contribution in [3.63, 3.8) is 0 Å². The highest BCUT2D eigenvalue weighted by Gasteiger charge is 2.43. The zero-order chi connectivity index (χ0) is 31.7. The number of unbranched alkanes of at least 4 members (excludes halogenated alkanes) is 5. The molecule has 1 aliphatic rings. The molecule has 0 fully saturated rings. The highest BCUT2D eigenvalue weighted by atomic mass is 31.2. The molecule has 1 heterocycles. The fourth-order valence-electron chi connectivity index (χ4n) is 4.40. The van der Waals surface area contributed by atoms with Crippen molar-refractivity contribution >= 4 is 13.7 Å². The molecule has 0 bridgehead atoms. The Labute approximate surface area is 248 Å². The molecule has 42 heavy (non-hydrogen) atoms. The van der Waals surface area contributed by atoms with E-state index < -0.39 is 36.3 Å². The van der Waals surface area contributed by atoms with Crippen molar-refractivity contribution < 1.29 is 45.2 Å². The predicted octanol–water partition coefficient (Wildman–Crippen LogP) is 9.27. The van der Waals surface area contributed by atoms with E-state index in [1.54, 1.807) is 54.5 Å². The lowest BCUT2D eigenvalue weighted by atomic mass is 9.93. The Morgan fingerprint density at radius 3 is 2.07 bits per heavy atom. The van der Waals surface area contributed by atoms with Crippen LogP contribution in [-0.4, -0.2) is 49.1 Å². The zero-order valence-electron chi connectivity index (χ0n) is 26.1. The quantitative estimate of drug-likeness (QED) is 0.0976. The topological polar surface area (TPSA) is 75.6 Å². The zero-order valence-corrected chi connectivity index (χ0v) is 27.0. The van der Waals surface area contributed by atoms with Crippen LogP contribution >= 0.6 is 7.82 Å². The summed E-state index contributed by atoms with van der Waals surface area (Å²) in [6, 6.07) is 4.06. The molecule has 242 valence electrons. The minimum Gasteiger partial charge on any atom is -0.493 e. The lowest BCUT2D eigenvalue weighted by molar-refractivity contribution is -0.139. The van der Waals surface area contributed by atoms with Gasteiger partial charge in [-0.15, -0.1) is 0 Å². The van der Waals surface area contributed by atoms with Gasteiger partial charge in [0.2, 0.25) is 0 Å². The van der Waals surface area contributed by atoms with Gasteiger partial charge in [-0.1, -0.05) is 31.7 Å². The molecule has 2 rings (SSSR count). The number of halogens is 4. The molecular weight excluding hydrogens is 577 g/mol. The minimum atomic E-state index is -4.59. The lowest BCUT2D eigenvalue weighted by Gasteiger charge is -2.33. The Bertz CT molecular complexity index is 1050. The van der Waals surface area contributed by atoms with Crippen molar-refractivity contribution in [1.82, 2.24) is 0 Å². The van der Waals surface area contributed by atoms with Gasteiger partial charge in [-0.05, 0) is 84.9 Å². The van der Waals surface area contributed by atoms with Crippen LogP contribution < -0.4 is 4.74 Å². The normalized spacial score (nSPS) is 18.2. The number of phosphoric acid groups is 1. The third kappa shape index (κ3) is 13.3. The molecule has 1 aromatic rings. The van der Waals surface area contributed by atoms with E-state index in [4.69, 9.17) is 23.0 Å². The highest BCUT2D eigenvalue weighted by Crippen LogP contribution is 2.56. The average molecular weight is 626 g/mol. The molecule has 0 aromatic heterocycles. The number of phosphoric ester groups is 1. The first kappa shape index (κ1) is 36.5. The third-order valence-electron chi connectivity index (χ3n) is 6.22. The molecular formula is C30H48F4NO6P. The van der Waals surface area contributed by atoms with Crippen LogP contribution in [0.2, 0.25) is 0 Å². The number of benzene rings is 1. The van der Waals surface area contributed by atoms with Crippen LogP contribution in [-0.2, 0) is 35.5 Å². The number of aryl methyl sites for hydroxylation is 1. The van der Waals surface area contributed by atoms with Gasteiger partial charge in [-0.2, -0.15) is 13.2 Å². The van der Waals surface area contributed by atoms with Crippen LogP contribution in [0.1, 0.15) is 105 Å². The van der Waals surface area contributed by atoms with E-state index in [9.17, 15) is 22.1 Å². The van der Waals surface area contributed by atoms with Crippen LogP contribution in [0, 0.1) is 0 Å². The van der Waals surface area contributed by atoms with Crippen molar-refractivity contribution in [2.45, 2.75) is 123 Å². The Morgan fingerprint density at radius 2 is 1.55 bits per heavy atom. The Balaban J connectivity index is 2.11. The number of hydrogen-bond donors (Lipinski definition) is 0. The van der Waals surface area contributed by atoms with Gasteiger partial charge >= 0.3 is 14.0 Å². The van der Waals surface area contributed by atoms with Crippen molar-refractivity contribution in [1.29, 1.82) is 0 Å². The van der Waals surface area contributed by atoms with Gasteiger partial charge in [0.15, 0.2) is 5.90 Å². The van der Waals surface area contributed by atoms with Gasteiger partial charge in [0, 0.05) is 6.92 Å². The average Bonchev–Trinajstić information content (AvgIpc) is 3.21. The molecule has 7 nitrogen and oxygen atoms in total. The predicted molar refractivity (Wildman–Crippen MR) is 156 cm³/mol. The first-order valence-electron chi connectivity index (χ1n) is 14.6. The van der Waals surface area contributed by atoms with Gasteiger partial charge in [0.25, 0.3) is 0 Å². The van der Waals surface area contributed by atoms with Crippen LogP contribution in [0.4, 0.5) is 17.6 Å². The number of ether oxygens (including phenoxy) is 2. The fraction of sp³-hybridized carbons (Fsp3) is 0.767. The van der Waals surface area contributed by atoms with E-state index in [1.807, 2.05) is 0 Å². The summed E-state index contributed by atoms with van der Waals surface area (Å²) in [5, 5.41) is 0. The van der Waals surface area contributed by atoms with Crippen LogP contribution in [0.5, 0.6) is 5.75 Å². The lowest BCUT2D eigenvalue weighted by Crippen LogP contribution is -2.36. The summed E-state index contributed by atoms with van der Waals surface area (Å²) in [4.78, 5) is 4.57. The third-order valence-corrected chi connectivity index (χ3v) is 8.21. The first-order valence-corrected chi connectivity index (χ1v) is 16.1. The summed E-state index contributed by atoms with van der Waals surface area (Å²) < 4.78 is 95.8. The minimum absolute atomic E-state index is 0.116. The standard InChI is InChI=1S/C30H48F4NO6P/c1-23-35-29(21-38-23,22-39-42(36,40-27(2,3)4)41-28(5,6)7)17-16-24-14-15-26(25(20-24)30(32,33)34)37-19-13-11-9-8-10-12-18-31/h14-15,20H,8-13,16-19,21-22H2,1-7H3. The SMILES string of the molecule is CC1=NC(CCc2ccc(OCCCCCCCCF)c(C(F)(F)F)c2)(COP(=O)(OC(C)(C)C)OC(C)(C)C)CO1. The maximum Gasteiger partial charge on any atom is 0.475 e. The van der Waals surface area contributed by atoms with E-state index in [2.05, 4.69) is 4.99 Å².